The number of nitrogens with one attached hydrogen (secondary N) is 1. The number of hydrogen-bond donors (Lipinski definition) is 1. The van der Waals surface area contributed by atoms with Crippen molar-refractivity contribution >= 4 is 31.7 Å². The van der Waals surface area contributed by atoms with Gasteiger partial charge in [0.25, 0.3) is 0 Å². The summed E-state index contributed by atoms with van der Waals surface area (Å²) in [5.41, 5.74) is 1.46. The summed E-state index contributed by atoms with van der Waals surface area (Å²) < 4.78 is 31.2. The number of carbonyl (C=O) groups is 1. The van der Waals surface area contributed by atoms with Crippen molar-refractivity contribution in [1.82, 2.24) is 10.3 Å². The van der Waals surface area contributed by atoms with Crippen LogP contribution in [-0.2, 0) is 26.9 Å². The molecule has 1 heterocycles. The normalized spacial score (nSPS) is 14.8. The number of aromatic nitrogens is 1. The molecule has 2 aromatic rings. The highest BCUT2D eigenvalue weighted by Gasteiger charge is 2.19. The molecule has 0 bridgehead atoms. The number of sulfone groups is 1. The molecule has 0 saturated heterocycles. The topological polar surface area (TPSA) is 85.4 Å². The van der Waals surface area contributed by atoms with E-state index < -0.39 is 21.5 Å². The fourth-order valence-corrected chi connectivity index (χ4v) is 4.92. The van der Waals surface area contributed by atoms with E-state index >= 15 is 0 Å². The van der Waals surface area contributed by atoms with Crippen LogP contribution in [0.25, 0.3) is 0 Å². The van der Waals surface area contributed by atoms with Gasteiger partial charge in [0, 0.05) is 23.3 Å². The Morgan fingerprint density at radius 2 is 1.96 bits per heavy atom. The molecule has 1 aliphatic carbocycles. The van der Waals surface area contributed by atoms with E-state index in [1.807, 2.05) is 6.07 Å². The van der Waals surface area contributed by atoms with Crippen LogP contribution in [0.15, 0.2) is 47.1 Å². The molecule has 0 atom stereocenters. The van der Waals surface area contributed by atoms with Crippen molar-refractivity contribution < 1.29 is 17.9 Å². The van der Waals surface area contributed by atoms with Crippen molar-refractivity contribution in [2.45, 2.75) is 44.1 Å². The lowest BCUT2D eigenvalue weighted by Gasteiger charge is -2.13. The highest BCUT2D eigenvalue weighted by atomic mass is 79.9. The number of ether oxygens (including phenoxy) is 1. The molecular weight excluding hydrogens is 444 g/mol. The molecule has 1 saturated carbocycles. The number of nitrogens with zero attached hydrogens (tertiary/aromatic N) is 1. The lowest BCUT2D eigenvalue weighted by molar-refractivity contribution is -0.118. The Bertz CT molecular complexity index is 927. The maximum absolute atomic E-state index is 12.3. The van der Waals surface area contributed by atoms with Crippen molar-refractivity contribution in [2.24, 2.45) is 0 Å². The third-order valence-corrected chi connectivity index (χ3v) is 6.47. The zero-order valence-corrected chi connectivity index (χ0v) is 17.8. The van der Waals surface area contributed by atoms with Crippen molar-refractivity contribution in [3.8, 4) is 5.88 Å². The van der Waals surface area contributed by atoms with Crippen LogP contribution >= 0.6 is 15.9 Å². The van der Waals surface area contributed by atoms with Gasteiger partial charge in [0.1, 0.15) is 11.9 Å². The van der Waals surface area contributed by atoms with E-state index in [1.165, 1.54) is 12.8 Å². The highest BCUT2D eigenvalue weighted by Crippen LogP contribution is 2.23. The molecular formula is C20H23BrN2O4S. The van der Waals surface area contributed by atoms with Crippen LogP contribution in [0.4, 0.5) is 0 Å². The van der Waals surface area contributed by atoms with Crippen molar-refractivity contribution in [3.05, 3.63) is 58.2 Å². The monoisotopic (exact) mass is 466 g/mol. The standard InChI is InChI=1S/C20H23BrN2O4S/c21-17-5-3-4-16(10-17)13-28(25,26)14-19(24)23-12-15-8-9-22-20(11-15)27-18-6-1-2-7-18/h3-5,8-11,18H,1-2,6-7,12-14H2,(H,23,24). The first-order valence-corrected chi connectivity index (χ1v) is 11.8. The average molecular weight is 467 g/mol. The molecule has 0 aliphatic heterocycles. The number of rotatable bonds is 8. The first-order chi connectivity index (χ1) is 13.4. The number of pyridine rings is 1. The van der Waals surface area contributed by atoms with Crippen LogP contribution in [0.2, 0.25) is 0 Å². The second-order valence-corrected chi connectivity index (χ2v) is 9.95. The Hall–Kier alpha value is -1.93. The first kappa shape index (κ1) is 20.8. The number of halogens is 1. The quantitative estimate of drug-likeness (QED) is 0.644. The van der Waals surface area contributed by atoms with Crippen LogP contribution in [0.3, 0.4) is 0 Å². The number of hydrogen-bond acceptors (Lipinski definition) is 5. The van der Waals surface area contributed by atoms with E-state index in [1.54, 1.807) is 36.5 Å². The minimum absolute atomic E-state index is 0.172. The second-order valence-electron chi connectivity index (χ2n) is 6.97. The third kappa shape index (κ3) is 6.60. The molecule has 1 amide bonds. The van der Waals surface area contributed by atoms with Gasteiger partial charge in [-0.05, 0) is 55.0 Å². The van der Waals surface area contributed by atoms with Gasteiger partial charge in [0.05, 0.1) is 5.75 Å². The number of benzene rings is 1. The summed E-state index contributed by atoms with van der Waals surface area (Å²) in [5, 5.41) is 2.66. The maximum atomic E-state index is 12.3. The molecule has 1 aromatic carbocycles. The molecule has 8 heteroatoms. The van der Waals surface area contributed by atoms with Crippen LogP contribution < -0.4 is 10.1 Å². The van der Waals surface area contributed by atoms with Gasteiger partial charge >= 0.3 is 0 Å². The predicted molar refractivity (Wildman–Crippen MR) is 111 cm³/mol. The van der Waals surface area contributed by atoms with E-state index in [4.69, 9.17) is 4.74 Å². The smallest absolute Gasteiger partial charge is 0.235 e. The third-order valence-electron chi connectivity index (χ3n) is 4.51. The van der Waals surface area contributed by atoms with Crippen LogP contribution in [-0.4, -0.2) is 31.2 Å². The van der Waals surface area contributed by atoms with Gasteiger partial charge in [-0.1, -0.05) is 28.1 Å². The van der Waals surface area contributed by atoms with Crippen LogP contribution in [0, 0.1) is 0 Å². The van der Waals surface area contributed by atoms with E-state index in [0.29, 0.717) is 11.4 Å². The Kier molecular flexibility index (Phi) is 7.07. The molecule has 0 radical (unpaired) electrons. The van der Waals surface area contributed by atoms with E-state index in [-0.39, 0.29) is 18.4 Å². The van der Waals surface area contributed by atoms with Crippen molar-refractivity contribution in [3.63, 3.8) is 0 Å². The fourth-order valence-electron chi connectivity index (χ4n) is 3.18. The van der Waals surface area contributed by atoms with Gasteiger partial charge in [0.15, 0.2) is 9.84 Å². The van der Waals surface area contributed by atoms with E-state index in [9.17, 15) is 13.2 Å². The predicted octanol–water partition coefficient (Wildman–Crippen LogP) is 3.40. The van der Waals surface area contributed by atoms with Crippen molar-refractivity contribution in [2.75, 3.05) is 5.75 Å². The lowest BCUT2D eigenvalue weighted by Crippen LogP contribution is -2.30. The largest absolute Gasteiger partial charge is 0.474 e. The Labute approximate surface area is 173 Å². The van der Waals surface area contributed by atoms with Crippen LogP contribution in [0.1, 0.15) is 36.8 Å². The van der Waals surface area contributed by atoms with Gasteiger partial charge in [-0.3, -0.25) is 4.79 Å². The minimum atomic E-state index is -3.55. The summed E-state index contributed by atoms with van der Waals surface area (Å²) in [5.74, 6) is -0.698. The molecule has 6 nitrogen and oxygen atoms in total. The molecule has 1 aliphatic rings. The van der Waals surface area contributed by atoms with Gasteiger partial charge < -0.3 is 10.1 Å². The Balaban J connectivity index is 1.50. The number of amides is 1. The van der Waals surface area contributed by atoms with Gasteiger partial charge in [-0.2, -0.15) is 0 Å². The lowest BCUT2D eigenvalue weighted by atomic mass is 10.2. The zero-order valence-electron chi connectivity index (χ0n) is 15.4. The summed E-state index contributed by atoms with van der Waals surface area (Å²) in [6, 6.07) is 10.6. The summed E-state index contributed by atoms with van der Waals surface area (Å²) in [6.07, 6.45) is 6.27. The van der Waals surface area contributed by atoms with Gasteiger partial charge in [0.2, 0.25) is 11.8 Å². The summed E-state index contributed by atoms with van der Waals surface area (Å²) in [7, 11) is -3.55. The molecule has 1 aromatic heterocycles. The summed E-state index contributed by atoms with van der Waals surface area (Å²) in [6.45, 7) is 0.231. The molecule has 150 valence electrons. The Morgan fingerprint density at radius 1 is 1.18 bits per heavy atom. The molecule has 0 unspecified atom stereocenters. The molecule has 28 heavy (non-hydrogen) atoms. The molecule has 1 N–H and O–H groups in total. The number of carbonyl (C=O) groups excluding carboxylic acids is 1. The van der Waals surface area contributed by atoms with Gasteiger partial charge in [-0.15, -0.1) is 0 Å². The van der Waals surface area contributed by atoms with E-state index in [0.717, 1.165) is 22.9 Å². The highest BCUT2D eigenvalue weighted by molar-refractivity contribution is 9.10. The molecule has 3 rings (SSSR count). The molecule has 0 spiro atoms. The maximum Gasteiger partial charge on any atom is 0.235 e. The van der Waals surface area contributed by atoms with Crippen molar-refractivity contribution in [1.29, 1.82) is 0 Å². The first-order valence-electron chi connectivity index (χ1n) is 9.23. The molecule has 1 fully saturated rings. The zero-order chi connectivity index (χ0) is 20.0. The fraction of sp³-hybridized carbons (Fsp3) is 0.400. The van der Waals surface area contributed by atoms with E-state index in [2.05, 4.69) is 26.2 Å². The minimum Gasteiger partial charge on any atom is -0.474 e. The Morgan fingerprint density at radius 3 is 2.71 bits per heavy atom. The van der Waals surface area contributed by atoms with Gasteiger partial charge in [-0.25, -0.2) is 13.4 Å². The summed E-state index contributed by atoms with van der Waals surface area (Å²) >= 11 is 3.31. The van der Waals surface area contributed by atoms with Crippen LogP contribution in [0.5, 0.6) is 5.88 Å². The average Bonchev–Trinajstić information content (AvgIpc) is 3.12. The SMILES string of the molecule is O=C(CS(=O)(=O)Cc1cccc(Br)c1)NCc1ccnc(OC2CCCC2)c1. The summed E-state index contributed by atoms with van der Waals surface area (Å²) in [4.78, 5) is 16.3. The second kappa shape index (κ2) is 9.52.